The lowest BCUT2D eigenvalue weighted by Crippen LogP contribution is -2.28. The highest BCUT2D eigenvalue weighted by molar-refractivity contribution is 7.92. The molecule has 0 radical (unpaired) electrons. The van der Waals surface area contributed by atoms with E-state index in [0.717, 1.165) is 17.0 Å². The maximum atomic E-state index is 12.4. The van der Waals surface area contributed by atoms with Crippen molar-refractivity contribution in [1.82, 2.24) is 4.98 Å². The minimum Gasteiger partial charge on any atom is -0.496 e. The standard InChI is InChI=1S/C19H26N2O3S/c1-14(16-8-6-7-9-17(16)24-5)12-20-15-10-11-18(21-13-15)25(22,23)19(2,3)4/h6-11,13-14,20H,12H2,1-5H3. The first-order valence-electron chi connectivity index (χ1n) is 8.24. The third-order valence-corrected chi connectivity index (χ3v) is 6.50. The van der Waals surface area contributed by atoms with E-state index in [1.54, 1.807) is 46.2 Å². The molecule has 2 aromatic rings. The fraction of sp³-hybridized carbons (Fsp3) is 0.421. The van der Waals surface area contributed by atoms with Gasteiger partial charge in [-0.1, -0.05) is 25.1 Å². The Morgan fingerprint density at radius 3 is 2.40 bits per heavy atom. The van der Waals surface area contributed by atoms with Gasteiger partial charge in [0.1, 0.15) is 5.75 Å². The number of para-hydroxylation sites is 1. The van der Waals surface area contributed by atoms with Crippen molar-refractivity contribution in [3.8, 4) is 5.75 Å². The molecule has 0 aliphatic rings. The van der Waals surface area contributed by atoms with Crippen LogP contribution in [0.3, 0.4) is 0 Å². The normalized spacial score (nSPS) is 13.3. The number of aromatic nitrogens is 1. The van der Waals surface area contributed by atoms with Crippen molar-refractivity contribution in [1.29, 1.82) is 0 Å². The van der Waals surface area contributed by atoms with Gasteiger partial charge in [-0.3, -0.25) is 0 Å². The van der Waals surface area contributed by atoms with Crippen LogP contribution in [0.2, 0.25) is 0 Å². The Bertz CT molecular complexity index is 809. The number of pyridine rings is 1. The van der Waals surface area contributed by atoms with Crippen LogP contribution >= 0.6 is 0 Å². The highest BCUT2D eigenvalue weighted by Crippen LogP contribution is 2.27. The Hall–Kier alpha value is -2.08. The van der Waals surface area contributed by atoms with Crippen LogP contribution in [-0.2, 0) is 9.84 Å². The van der Waals surface area contributed by atoms with E-state index in [2.05, 4.69) is 17.2 Å². The second-order valence-corrected chi connectivity index (χ2v) is 9.67. The molecule has 1 aromatic carbocycles. The number of hydrogen-bond acceptors (Lipinski definition) is 5. The molecule has 1 atom stereocenters. The Morgan fingerprint density at radius 2 is 1.84 bits per heavy atom. The van der Waals surface area contributed by atoms with Crippen LogP contribution < -0.4 is 10.1 Å². The first kappa shape index (κ1) is 19.2. The smallest absolute Gasteiger partial charge is 0.200 e. The predicted molar refractivity (Wildman–Crippen MR) is 101 cm³/mol. The minimum atomic E-state index is -3.43. The van der Waals surface area contributed by atoms with Gasteiger partial charge >= 0.3 is 0 Å². The molecule has 25 heavy (non-hydrogen) atoms. The van der Waals surface area contributed by atoms with Crippen LogP contribution in [0.1, 0.15) is 39.2 Å². The van der Waals surface area contributed by atoms with E-state index in [1.807, 2.05) is 24.3 Å². The molecular weight excluding hydrogens is 336 g/mol. The molecular formula is C19H26N2O3S. The van der Waals surface area contributed by atoms with E-state index >= 15 is 0 Å². The van der Waals surface area contributed by atoms with Crippen molar-refractivity contribution in [2.75, 3.05) is 19.0 Å². The number of sulfone groups is 1. The van der Waals surface area contributed by atoms with Gasteiger partial charge in [0, 0.05) is 12.5 Å². The summed E-state index contributed by atoms with van der Waals surface area (Å²) in [5.74, 6) is 1.09. The maximum Gasteiger partial charge on any atom is 0.200 e. The Balaban J connectivity index is 2.07. The Kier molecular flexibility index (Phi) is 5.72. The molecule has 1 N–H and O–H groups in total. The van der Waals surface area contributed by atoms with Gasteiger partial charge in [0.15, 0.2) is 14.9 Å². The van der Waals surface area contributed by atoms with Crippen molar-refractivity contribution < 1.29 is 13.2 Å². The summed E-state index contributed by atoms with van der Waals surface area (Å²) in [6, 6.07) is 11.2. The first-order chi connectivity index (χ1) is 11.7. The average Bonchev–Trinajstić information content (AvgIpc) is 2.59. The summed E-state index contributed by atoms with van der Waals surface area (Å²) in [5, 5.41) is 3.40. The zero-order valence-corrected chi connectivity index (χ0v) is 16.2. The zero-order chi connectivity index (χ0) is 18.7. The summed E-state index contributed by atoms with van der Waals surface area (Å²) < 4.78 is 29.3. The third-order valence-electron chi connectivity index (χ3n) is 4.10. The minimum absolute atomic E-state index is 0.100. The van der Waals surface area contributed by atoms with E-state index in [4.69, 9.17) is 4.74 Å². The topological polar surface area (TPSA) is 68.3 Å². The molecule has 0 saturated heterocycles. The second-order valence-electron chi connectivity index (χ2n) is 7.02. The van der Waals surface area contributed by atoms with E-state index in [0.29, 0.717) is 6.54 Å². The molecule has 0 bridgehead atoms. The third kappa shape index (κ3) is 4.31. The fourth-order valence-electron chi connectivity index (χ4n) is 2.41. The first-order valence-corrected chi connectivity index (χ1v) is 9.72. The summed E-state index contributed by atoms with van der Waals surface area (Å²) in [6.07, 6.45) is 1.56. The number of nitrogens with one attached hydrogen (secondary N) is 1. The SMILES string of the molecule is COc1ccccc1C(C)CNc1ccc(S(=O)(=O)C(C)(C)C)nc1. The van der Waals surface area contributed by atoms with Gasteiger partial charge in [-0.05, 0) is 44.5 Å². The molecule has 0 fully saturated rings. The molecule has 1 heterocycles. The predicted octanol–water partition coefficient (Wildman–Crippen LogP) is 3.88. The quantitative estimate of drug-likeness (QED) is 0.845. The van der Waals surface area contributed by atoms with Gasteiger partial charge in [0.2, 0.25) is 0 Å². The van der Waals surface area contributed by atoms with Crippen LogP contribution in [0, 0.1) is 0 Å². The molecule has 0 saturated carbocycles. The second kappa shape index (κ2) is 7.44. The number of nitrogens with zero attached hydrogens (tertiary/aromatic N) is 1. The largest absolute Gasteiger partial charge is 0.496 e. The van der Waals surface area contributed by atoms with Crippen molar-refractivity contribution in [3.63, 3.8) is 0 Å². The summed E-state index contributed by atoms with van der Waals surface area (Å²) in [6.45, 7) is 7.81. The molecule has 0 spiro atoms. The Morgan fingerprint density at radius 1 is 1.16 bits per heavy atom. The number of benzene rings is 1. The summed E-state index contributed by atoms with van der Waals surface area (Å²) >= 11 is 0. The van der Waals surface area contributed by atoms with Gasteiger partial charge in [-0.2, -0.15) is 0 Å². The molecule has 136 valence electrons. The summed E-state index contributed by atoms with van der Waals surface area (Å²) in [5.41, 5.74) is 1.91. The zero-order valence-electron chi connectivity index (χ0n) is 15.4. The summed E-state index contributed by atoms with van der Waals surface area (Å²) in [7, 11) is -1.77. The molecule has 2 rings (SSSR count). The van der Waals surface area contributed by atoms with Crippen LogP contribution in [0.15, 0.2) is 47.6 Å². The molecule has 0 aliphatic carbocycles. The van der Waals surface area contributed by atoms with Crippen LogP contribution in [0.25, 0.3) is 0 Å². The van der Waals surface area contributed by atoms with Gasteiger partial charge in [0.05, 0.1) is 23.7 Å². The molecule has 1 unspecified atom stereocenters. The number of anilines is 1. The van der Waals surface area contributed by atoms with E-state index in [-0.39, 0.29) is 10.9 Å². The lowest BCUT2D eigenvalue weighted by Gasteiger charge is -2.19. The maximum absolute atomic E-state index is 12.4. The molecule has 0 aliphatic heterocycles. The van der Waals surface area contributed by atoms with Crippen molar-refractivity contribution >= 4 is 15.5 Å². The van der Waals surface area contributed by atoms with Gasteiger partial charge in [-0.25, -0.2) is 13.4 Å². The van der Waals surface area contributed by atoms with E-state index in [9.17, 15) is 8.42 Å². The van der Waals surface area contributed by atoms with E-state index in [1.165, 1.54) is 0 Å². The van der Waals surface area contributed by atoms with E-state index < -0.39 is 14.6 Å². The van der Waals surface area contributed by atoms with Crippen molar-refractivity contribution in [2.24, 2.45) is 0 Å². The lowest BCUT2D eigenvalue weighted by molar-refractivity contribution is 0.407. The fourth-order valence-corrected chi connectivity index (χ4v) is 3.48. The number of methoxy groups -OCH3 is 1. The highest BCUT2D eigenvalue weighted by atomic mass is 32.2. The lowest BCUT2D eigenvalue weighted by atomic mass is 10.00. The Labute approximate surface area is 150 Å². The average molecular weight is 362 g/mol. The molecule has 1 aromatic heterocycles. The molecule has 6 heteroatoms. The van der Waals surface area contributed by atoms with Crippen LogP contribution in [-0.4, -0.2) is 31.8 Å². The summed E-state index contributed by atoms with van der Waals surface area (Å²) in [4.78, 5) is 4.13. The van der Waals surface area contributed by atoms with Crippen LogP contribution in [0.5, 0.6) is 5.75 Å². The molecule has 5 nitrogen and oxygen atoms in total. The van der Waals surface area contributed by atoms with Crippen molar-refractivity contribution in [2.45, 2.75) is 43.4 Å². The number of ether oxygens (including phenoxy) is 1. The number of rotatable bonds is 6. The van der Waals surface area contributed by atoms with Gasteiger partial charge < -0.3 is 10.1 Å². The highest BCUT2D eigenvalue weighted by Gasteiger charge is 2.31. The van der Waals surface area contributed by atoms with Gasteiger partial charge in [0.25, 0.3) is 0 Å². The van der Waals surface area contributed by atoms with Crippen molar-refractivity contribution in [3.05, 3.63) is 48.2 Å². The van der Waals surface area contributed by atoms with Crippen LogP contribution in [0.4, 0.5) is 5.69 Å². The number of hydrogen-bond donors (Lipinski definition) is 1. The monoisotopic (exact) mass is 362 g/mol. The molecule has 0 amide bonds. The van der Waals surface area contributed by atoms with Gasteiger partial charge in [-0.15, -0.1) is 0 Å².